The van der Waals surface area contributed by atoms with Gasteiger partial charge in [-0.25, -0.2) is 9.18 Å². The molecule has 11 heteroatoms. The maximum Gasteiger partial charge on any atom is 0.421 e. The lowest BCUT2D eigenvalue weighted by molar-refractivity contribution is -0.334. The van der Waals surface area contributed by atoms with Crippen LogP contribution in [0, 0.1) is 5.82 Å². The number of carbonyl (C=O) groups is 1. The van der Waals surface area contributed by atoms with Crippen molar-refractivity contribution < 1.29 is 36.6 Å². The monoisotopic (exact) mass is 483 g/mol. The Bertz CT molecular complexity index is 1030. The largest absolute Gasteiger partial charge is 0.497 e. The number of rotatable bonds is 6. The standard InChI is InChI=1S/C23H25F4N3O4/c1-32-14-8-9-16(24)18(13-14)30-21(31)29-17-6-4-11-28-20(17)34-19-7-3-2-5-15(19)22(10-12-33-22)23(25,26)27/h2-3,5,7-9,13,17,20,28H,4,6,10-12H2,1H3,(H2,29,30,31)/t17?,20?,22-/m0/s1. The van der Waals surface area contributed by atoms with Gasteiger partial charge in [0, 0.05) is 18.1 Å². The Morgan fingerprint density at radius 3 is 2.68 bits per heavy atom. The number of hydrogen-bond donors (Lipinski definition) is 3. The van der Waals surface area contributed by atoms with Gasteiger partial charge >= 0.3 is 12.2 Å². The van der Waals surface area contributed by atoms with E-state index in [9.17, 15) is 22.4 Å². The Hall–Kier alpha value is -3.05. The third-order valence-electron chi connectivity index (χ3n) is 5.98. The number of ether oxygens (including phenoxy) is 3. The summed E-state index contributed by atoms with van der Waals surface area (Å²) in [5.41, 5.74) is -2.59. The van der Waals surface area contributed by atoms with Crippen LogP contribution < -0.4 is 25.4 Å². The number of alkyl halides is 3. The Morgan fingerprint density at radius 1 is 1.24 bits per heavy atom. The van der Waals surface area contributed by atoms with Crippen LogP contribution in [-0.2, 0) is 10.3 Å². The first kappa shape index (κ1) is 24.1. The van der Waals surface area contributed by atoms with Crippen molar-refractivity contribution in [3.05, 3.63) is 53.8 Å². The van der Waals surface area contributed by atoms with E-state index in [1.165, 1.54) is 43.5 Å². The quantitative estimate of drug-likeness (QED) is 0.535. The summed E-state index contributed by atoms with van der Waals surface area (Å²) in [5, 5.41) is 8.24. The van der Waals surface area contributed by atoms with Crippen LogP contribution in [-0.4, -0.2) is 44.7 Å². The number of amides is 2. The molecule has 2 aliphatic rings. The first-order valence-corrected chi connectivity index (χ1v) is 10.8. The van der Waals surface area contributed by atoms with Crippen LogP contribution in [0.15, 0.2) is 42.5 Å². The highest BCUT2D eigenvalue weighted by atomic mass is 19.4. The molecule has 2 aromatic carbocycles. The van der Waals surface area contributed by atoms with Gasteiger partial charge < -0.3 is 24.8 Å². The van der Waals surface area contributed by atoms with Gasteiger partial charge in [-0.2, -0.15) is 13.2 Å². The molecule has 184 valence electrons. The van der Waals surface area contributed by atoms with E-state index in [4.69, 9.17) is 14.2 Å². The van der Waals surface area contributed by atoms with Gasteiger partial charge in [-0.15, -0.1) is 0 Å². The molecule has 0 saturated carbocycles. The minimum atomic E-state index is -4.61. The Balaban J connectivity index is 1.49. The van der Waals surface area contributed by atoms with Crippen molar-refractivity contribution in [2.45, 2.75) is 43.3 Å². The number of urea groups is 1. The second kappa shape index (κ2) is 9.67. The molecular formula is C23H25F4N3O4. The number of benzene rings is 2. The van der Waals surface area contributed by atoms with Crippen LogP contribution in [0.3, 0.4) is 0 Å². The van der Waals surface area contributed by atoms with Gasteiger partial charge in [0.05, 0.1) is 25.4 Å². The fourth-order valence-corrected chi connectivity index (χ4v) is 4.12. The van der Waals surface area contributed by atoms with E-state index < -0.39 is 35.9 Å². The van der Waals surface area contributed by atoms with Crippen LogP contribution in [0.1, 0.15) is 24.8 Å². The number of nitrogens with one attached hydrogen (secondary N) is 3. The van der Waals surface area contributed by atoms with Crippen LogP contribution in [0.2, 0.25) is 0 Å². The summed E-state index contributed by atoms with van der Waals surface area (Å²) in [6.07, 6.45) is -4.40. The average molecular weight is 483 g/mol. The first-order chi connectivity index (χ1) is 16.2. The van der Waals surface area contributed by atoms with Crippen molar-refractivity contribution in [3.63, 3.8) is 0 Å². The van der Waals surface area contributed by atoms with Crippen molar-refractivity contribution in [2.75, 3.05) is 25.6 Å². The Kier molecular flexibility index (Phi) is 6.85. The second-order valence-corrected chi connectivity index (χ2v) is 8.10. The summed E-state index contributed by atoms with van der Waals surface area (Å²) in [6, 6.07) is 8.52. The SMILES string of the molecule is COc1ccc(F)c(NC(=O)NC2CCCNC2Oc2ccccc2[C@]2(C(F)(F)F)CCO2)c1. The summed E-state index contributed by atoms with van der Waals surface area (Å²) in [4.78, 5) is 12.6. The van der Waals surface area contributed by atoms with Gasteiger partial charge in [0.1, 0.15) is 17.3 Å². The molecule has 2 heterocycles. The highest BCUT2D eigenvalue weighted by molar-refractivity contribution is 5.89. The van der Waals surface area contributed by atoms with Crippen LogP contribution in [0.4, 0.5) is 28.0 Å². The van der Waals surface area contributed by atoms with Gasteiger partial charge in [0.2, 0.25) is 0 Å². The maximum atomic E-state index is 14.1. The van der Waals surface area contributed by atoms with Crippen molar-refractivity contribution >= 4 is 11.7 Å². The molecule has 0 aromatic heterocycles. The van der Waals surface area contributed by atoms with E-state index in [2.05, 4.69) is 16.0 Å². The normalized spacial score (nSPS) is 24.6. The second-order valence-electron chi connectivity index (χ2n) is 8.10. The molecule has 0 aliphatic carbocycles. The molecule has 2 saturated heterocycles. The maximum absolute atomic E-state index is 14.1. The Morgan fingerprint density at radius 2 is 2.00 bits per heavy atom. The molecule has 7 nitrogen and oxygen atoms in total. The molecule has 2 aromatic rings. The Labute approximate surface area is 193 Å². The molecule has 4 rings (SSSR count). The van der Waals surface area contributed by atoms with Gasteiger partial charge in [-0.3, -0.25) is 5.32 Å². The van der Waals surface area contributed by atoms with E-state index in [0.29, 0.717) is 25.1 Å². The van der Waals surface area contributed by atoms with Crippen molar-refractivity contribution in [2.24, 2.45) is 0 Å². The molecule has 0 bridgehead atoms. The van der Waals surface area contributed by atoms with Crippen molar-refractivity contribution in [3.8, 4) is 11.5 Å². The minimum absolute atomic E-state index is 0.000700. The van der Waals surface area contributed by atoms with E-state index in [0.717, 1.165) is 0 Å². The van der Waals surface area contributed by atoms with E-state index >= 15 is 0 Å². The summed E-state index contributed by atoms with van der Waals surface area (Å²) in [5.74, 6) is -0.256. The number of halogens is 4. The lowest BCUT2D eigenvalue weighted by Crippen LogP contribution is -2.57. The highest BCUT2D eigenvalue weighted by Gasteiger charge is 2.62. The minimum Gasteiger partial charge on any atom is -0.497 e. The van der Waals surface area contributed by atoms with Crippen LogP contribution >= 0.6 is 0 Å². The van der Waals surface area contributed by atoms with Crippen molar-refractivity contribution in [1.29, 1.82) is 0 Å². The fraction of sp³-hybridized carbons (Fsp3) is 0.435. The number of piperidine rings is 1. The van der Waals surface area contributed by atoms with Crippen LogP contribution in [0.5, 0.6) is 11.5 Å². The zero-order chi connectivity index (χ0) is 24.3. The molecule has 2 amide bonds. The summed E-state index contributed by atoms with van der Waals surface area (Å²) in [7, 11) is 1.42. The first-order valence-electron chi connectivity index (χ1n) is 10.8. The topological polar surface area (TPSA) is 80.9 Å². The highest BCUT2D eigenvalue weighted by Crippen LogP contribution is 2.52. The predicted molar refractivity (Wildman–Crippen MR) is 115 cm³/mol. The number of hydrogen-bond acceptors (Lipinski definition) is 5. The van der Waals surface area contributed by atoms with Gasteiger partial charge in [0.25, 0.3) is 0 Å². The lowest BCUT2D eigenvalue weighted by Gasteiger charge is -2.44. The molecule has 2 unspecified atom stereocenters. The smallest absolute Gasteiger partial charge is 0.421 e. The van der Waals surface area contributed by atoms with Gasteiger partial charge in [-0.05, 0) is 37.6 Å². The molecular weight excluding hydrogens is 458 g/mol. The molecule has 3 N–H and O–H groups in total. The summed E-state index contributed by atoms with van der Waals surface area (Å²) >= 11 is 0. The third-order valence-corrected chi connectivity index (χ3v) is 5.98. The molecule has 2 fully saturated rings. The molecule has 0 spiro atoms. The average Bonchev–Trinajstić information content (AvgIpc) is 2.76. The number of anilines is 1. The fourth-order valence-electron chi connectivity index (χ4n) is 4.12. The predicted octanol–water partition coefficient (Wildman–Crippen LogP) is 4.29. The van der Waals surface area contributed by atoms with E-state index in [1.54, 1.807) is 6.07 Å². The molecule has 2 aliphatic heterocycles. The zero-order valence-corrected chi connectivity index (χ0v) is 18.4. The number of methoxy groups -OCH3 is 1. The van der Waals surface area contributed by atoms with E-state index in [-0.39, 0.29) is 30.0 Å². The zero-order valence-electron chi connectivity index (χ0n) is 18.4. The molecule has 34 heavy (non-hydrogen) atoms. The van der Waals surface area contributed by atoms with Gasteiger partial charge in [0.15, 0.2) is 11.8 Å². The third kappa shape index (κ3) is 4.76. The summed E-state index contributed by atoms with van der Waals surface area (Å²) in [6.45, 7) is 0.554. The van der Waals surface area contributed by atoms with Gasteiger partial charge in [-0.1, -0.05) is 18.2 Å². The number of carbonyl (C=O) groups excluding carboxylic acids is 1. The summed E-state index contributed by atoms with van der Waals surface area (Å²) < 4.78 is 71.6. The van der Waals surface area contributed by atoms with Crippen LogP contribution in [0.25, 0.3) is 0 Å². The van der Waals surface area contributed by atoms with E-state index in [1.807, 2.05) is 0 Å². The molecule has 0 radical (unpaired) electrons. The molecule has 3 atom stereocenters. The van der Waals surface area contributed by atoms with Crippen molar-refractivity contribution in [1.82, 2.24) is 10.6 Å². The number of para-hydroxylation sites is 1. The lowest BCUT2D eigenvalue weighted by atomic mass is 9.85.